The number of hydrogen-bond acceptors (Lipinski definition) is 9. The Hall–Kier alpha value is -2.52. The average molecular weight is 488 g/mol. The molecule has 2 aliphatic rings. The standard InChI is InChI=1S/C25H33N3O7/c1-14-18(10-15-4-6-16(7-5-15)25(2,3)13-26)23(27-28(14)17-8-9-33-12-17)35-24-22(32)21(31)20(30)19(11-29)34-24/h4-7,17,19-22,24,29-32H,8-12H2,1-3H3/t17?,19-,20-,21+,22-,24+/m1/s1. The molecule has 2 aromatic rings. The van der Waals surface area contributed by atoms with Crippen molar-refractivity contribution in [3.8, 4) is 11.9 Å². The van der Waals surface area contributed by atoms with Crippen molar-refractivity contribution in [2.24, 2.45) is 0 Å². The molecule has 35 heavy (non-hydrogen) atoms. The average Bonchev–Trinajstić information content (AvgIpc) is 3.49. The van der Waals surface area contributed by atoms with E-state index in [0.29, 0.717) is 19.6 Å². The van der Waals surface area contributed by atoms with Gasteiger partial charge in [0.2, 0.25) is 12.2 Å². The Balaban J connectivity index is 1.64. The van der Waals surface area contributed by atoms with Crippen LogP contribution in [0.3, 0.4) is 0 Å². The smallest absolute Gasteiger partial charge is 0.239 e. The quantitative estimate of drug-likeness (QED) is 0.443. The SMILES string of the molecule is Cc1c(Cc2ccc(C(C)(C)C#N)cc2)c(O[C@@H]2O[C@H](CO)[C@@H](O)[C@H](O)[C@H]2O)nn1C1CCOC1. The monoisotopic (exact) mass is 487 g/mol. The molecule has 0 spiro atoms. The second kappa shape index (κ2) is 10.2. The van der Waals surface area contributed by atoms with Gasteiger partial charge in [0, 0.05) is 24.3 Å². The molecule has 4 N–H and O–H groups in total. The van der Waals surface area contributed by atoms with E-state index in [4.69, 9.17) is 14.2 Å². The van der Waals surface area contributed by atoms with Gasteiger partial charge in [0.05, 0.1) is 30.7 Å². The summed E-state index contributed by atoms with van der Waals surface area (Å²) in [5.41, 5.74) is 2.95. The van der Waals surface area contributed by atoms with Crippen molar-refractivity contribution in [2.45, 2.75) is 75.8 Å². The van der Waals surface area contributed by atoms with Crippen LogP contribution in [0.2, 0.25) is 0 Å². The van der Waals surface area contributed by atoms with Crippen LogP contribution in [0, 0.1) is 18.3 Å². The van der Waals surface area contributed by atoms with Crippen LogP contribution in [0.25, 0.3) is 0 Å². The van der Waals surface area contributed by atoms with Crippen molar-refractivity contribution in [1.29, 1.82) is 5.26 Å². The van der Waals surface area contributed by atoms with Crippen LogP contribution < -0.4 is 4.74 Å². The molecule has 10 heteroatoms. The van der Waals surface area contributed by atoms with Gasteiger partial charge in [0.15, 0.2) is 0 Å². The summed E-state index contributed by atoms with van der Waals surface area (Å²) in [5.74, 6) is 0.236. The number of rotatable bonds is 7. The van der Waals surface area contributed by atoms with Crippen molar-refractivity contribution in [2.75, 3.05) is 19.8 Å². The van der Waals surface area contributed by atoms with Crippen LogP contribution in [0.4, 0.5) is 0 Å². The highest BCUT2D eigenvalue weighted by Gasteiger charge is 2.45. The molecular weight excluding hydrogens is 454 g/mol. The fourth-order valence-corrected chi connectivity index (χ4v) is 4.48. The predicted octanol–water partition coefficient (Wildman–Crippen LogP) is 0.724. The summed E-state index contributed by atoms with van der Waals surface area (Å²) in [6, 6.07) is 10.1. The molecule has 1 unspecified atom stereocenters. The maximum absolute atomic E-state index is 10.5. The summed E-state index contributed by atoms with van der Waals surface area (Å²) >= 11 is 0. The molecule has 0 saturated carbocycles. The topological polar surface area (TPSA) is 150 Å². The zero-order valence-electron chi connectivity index (χ0n) is 20.2. The summed E-state index contributed by atoms with van der Waals surface area (Å²) in [7, 11) is 0. The lowest BCUT2D eigenvalue weighted by Gasteiger charge is -2.39. The lowest BCUT2D eigenvalue weighted by molar-refractivity contribution is -0.278. The maximum atomic E-state index is 10.5. The Morgan fingerprint density at radius 3 is 2.49 bits per heavy atom. The van der Waals surface area contributed by atoms with Crippen molar-refractivity contribution in [3.05, 3.63) is 46.6 Å². The van der Waals surface area contributed by atoms with Gasteiger partial charge >= 0.3 is 0 Å². The summed E-state index contributed by atoms with van der Waals surface area (Å²) in [4.78, 5) is 0. The molecule has 10 nitrogen and oxygen atoms in total. The fourth-order valence-electron chi connectivity index (χ4n) is 4.48. The molecule has 1 aromatic carbocycles. The number of benzene rings is 1. The zero-order chi connectivity index (χ0) is 25.3. The number of aromatic nitrogens is 2. The van der Waals surface area contributed by atoms with Gasteiger partial charge < -0.3 is 34.6 Å². The van der Waals surface area contributed by atoms with Gasteiger partial charge in [0.25, 0.3) is 0 Å². The number of aliphatic hydroxyl groups excluding tert-OH is 4. The van der Waals surface area contributed by atoms with Gasteiger partial charge in [-0.05, 0) is 38.3 Å². The van der Waals surface area contributed by atoms with Gasteiger partial charge in [-0.25, -0.2) is 0 Å². The van der Waals surface area contributed by atoms with E-state index < -0.39 is 42.7 Å². The molecule has 0 radical (unpaired) electrons. The second-order valence-corrected chi connectivity index (χ2v) is 9.76. The highest BCUT2D eigenvalue weighted by atomic mass is 16.7. The lowest BCUT2D eigenvalue weighted by atomic mass is 9.85. The van der Waals surface area contributed by atoms with Crippen molar-refractivity contribution in [1.82, 2.24) is 9.78 Å². The third-order valence-corrected chi connectivity index (χ3v) is 6.90. The Morgan fingerprint density at radius 2 is 1.89 bits per heavy atom. The zero-order valence-corrected chi connectivity index (χ0v) is 20.2. The Labute approximate surface area is 204 Å². The number of nitrogens with zero attached hydrogens (tertiary/aromatic N) is 3. The van der Waals surface area contributed by atoms with Crippen LogP contribution in [0.1, 0.15) is 48.7 Å². The predicted molar refractivity (Wildman–Crippen MR) is 124 cm³/mol. The molecule has 1 aromatic heterocycles. The van der Waals surface area contributed by atoms with E-state index in [9.17, 15) is 25.7 Å². The molecular formula is C25H33N3O7. The summed E-state index contributed by atoms with van der Waals surface area (Å²) < 4.78 is 18.9. The van der Waals surface area contributed by atoms with Crippen LogP contribution in [-0.2, 0) is 21.3 Å². The number of aliphatic hydroxyl groups is 4. The van der Waals surface area contributed by atoms with E-state index >= 15 is 0 Å². The first-order valence-corrected chi connectivity index (χ1v) is 11.8. The van der Waals surface area contributed by atoms with Crippen LogP contribution in [0.15, 0.2) is 24.3 Å². The molecule has 2 fully saturated rings. The van der Waals surface area contributed by atoms with Gasteiger partial charge in [-0.3, -0.25) is 4.68 Å². The molecule has 2 saturated heterocycles. The third-order valence-electron chi connectivity index (χ3n) is 6.90. The first-order chi connectivity index (χ1) is 16.7. The first kappa shape index (κ1) is 25.6. The molecule has 4 rings (SSSR count). The summed E-state index contributed by atoms with van der Waals surface area (Å²) in [6.07, 6.45) is -5.68. The van der Waals surface area contributed by atoms with E-state index in [0.717, 1.165) is 28.8 Å². The first-order valence-electron chi connectivity index (χ1n) is 11.8. The minimum absolute atomic E-state index is 0.0414. The Bertz CT molecular complexity index is 1050. The second-order valence-electron chi connectivity index (χ2n) is 9.76. The molecule has 190 valence electrons. The van der Waals surface area contributed by atoms with Crippen LogP contribution >= 0.6 is 0 Å². The van der Waals surface area contributed by atoms with E-state index in [2.05, 4.69) is 11.2 Å². The largest absolute Gasteiger partial charge is 0.443 e. The molecule has 6 atom stereocenters. The van der Waals surface area contributed by atoms with Gasteiger partial charge in [0.1, 0.15) is 24.4 Å². The maximum Gasteiger partial charge on any atom is 0.239 e. The van der Waals surface area contributed by atoms with E-state index in [-0.39, 0.29) is 11.9 Å². The minimum Gasteiger partial charge on any atom is -0.443 e. The lowest BCUT2D eigenvalue weighted by Crippen LogP contribution is -2.60. The Morgan fingerprint density at radius 1 is 1.17 bits per heavy atom. The van der Waals surface area contributed by atoms with E-state index in [1.54, 1.807) is 0 Å². The van der Waals surface area contributed by atoms with Gasteiger partial charge in [-0.15, -0.1) is 5.10 Å². The highest BCUT2D eigenvalue weighted by molar-refractivity contribution is 5.39. The molecule has 0 bridgehead atoms. The molecule has 0 amide bonds. The van der Waals surface area contributed by atoms with E-state index in [1.807, 2.05) is 49.7 Å². The normalized spacial score (nSPS) is 29.2. The fraction of sp³-hybridized carbons (Fsp3) is 0.600. The number of nitriles is 1. The molecule has 2 aliphatic heterocycles. The molecule has 0 aliphatic carbocycles. The summed E-state index contributed by atoms with van der Waals surface area (Å²) in [6.45, 7) is 6.29. The van der Waals surface area contributed by atoms with Crippen molar-refractivity contribution in [3.63, 3.8) is 0 Å². The van der Waals surface area contributed by atoms with Crippen LogP contribution in [-0.4, -0.2) is 80.7 Å². The van der Waals surface area contributed by atoms with Crippen molar-refractivity contribution < 1.29 is 34.6 Å². The van der Waals surface area contributed by atoms with Crippen molar-refractivity contribution >= 4 is 0 Å². The summed E-state index contributed by atoms with van der Waals surface area (Å²) in [5, 5.41) is 54.3. The number of hydrogen-bond donors (Lipinski definition) is 4. The van der Waals surface area contributed by atoms with E-state index in [1.165, 1.54) is 0 Å². The van der Waals surface area contributed by atoms with Gasteiger partial charge in [-0.1, -0.05) is 24.3 Å². The number of ether oxygens (including phenoxy) is 3. The minimum atomic E-state index is -1.54. The molecule has 3 heterocycles. The third kappa shape index (κ3) is 5.07. The Kier molecular flexibility index (Phi) is 7.47. The van der Waals surface area contributed by atoms with Crippen LogP contribution in [0.5, 0.6) is 5.88 Å². The van der Waals surface area contributed by atoms with Gasteiger partial charge in [-0.2, -0.15) is 5.26 Å². The highest BCUT2D eigenvalue weighted by Crippen LogP contribution is 2.33.